The summed E-state index contributed by atoms with van der Waals surface area (Å²) in [6.45, 7) is 1.49. The summed E-state index contributed by atoms with van der Waals surface area (Å²) in [5.41, 5.74) is 1.07. The summed E-state index contributed by atoms with van der Waals surface area (Å²) in [5, 5.41) is 2.97. The van der Waals surface area contributed by atoms with Crippen molar-refractivity contribution in [2.75, 3.05) is 26.4 Å². The molecule has 2 aliphatic rings. The summed E-state index contributed by atoms with van der Waals surface area (Å²) < 4.78 is 38.6. The Balaban J connectivity index is 1.25. The third-order valence-electron chi connectivity index (χ3n) is 5.12. The molecule has 29 heavy (non-hydrogen) atoms. The van der Waals surface area contributed by atoms with Crippen molar-refractivity contribution >= 4 is 43.2 Å². The highest BCUT2D eigenvalue weighted by molar-refractivity contribution is 9.11. The molecule has 156 valence electrons. The van der Waals surface area contributed by atoms with E-state index in [0.29, 0.717) is 43.1 Å². The van der Waals surface area contributed by atoms with Crippen molar-refractivity contribution in [3.8, 4) is 11.5 Å². The van der Waals surface area contributed by atoms with Gasteiger partial charge < -0.3 is 14.8 Å². The first-order valence-corrected chi connectivity index (χ1v) is 12.4. The number of nitrogens with one attached hydrogen (secondary N) is 1. The van der Waals surface area contributed by atoms with Crippen molar-refractivity contribution in [2.45, 2.75) is 23.5 Å². The second kappa shape index (κ2) is 8.63. The predicted molar refractivity (Wildman–Crippen MR) is 113 cm³/mol. The fraction of sp³-hybridized carbons (Fsp3) is 0.421. The summed E-state index contributed by atoms with van der Waals surface area (Å²) in [6.07, 6.45) is 1.76. The third-order valence-corrected chi connectivity index (χ3v) is 9.11. The Morgan fingerprint density at radius 2 is 1.93 bits per heavy atom. The maximum Gasteiger partial charge on any atom is 0.252 e. The molecule has 7 nitrogen and oxygen atoms in total. The van der Waals surface area contributed by atoms with Gasteiger partial charge in [-0.05, 0) is 65.0 Å². The molecule has 0 spiro atoms. The Kier molecular flexibility index (Phi) is 6.14. The summed E-state index contributed by atoms with van der Waals surface area (Å²) in [5.74, 6) is 1.31. The number of piperidine rings is 1. The van der Waals surface area contributed by atoms with Gasteiger partial charge in [-0.25, -0.2) is 8.42 Å². The Morgan fingerprint density at radius 3 is 2.66 bits per heavy atom. The number of nitrogens with zero attached hydrogens (tertiary/aromatic N) is 1. The van der Waals surface area contributed by atoms with Gasteiger partial charge in [-0.1, -0.05) is 6.07 Å². The van der Waals surface area contributed by atoms with Crippen molar-refractivity contribution < 1.29 is 22.7 Å². The number of sulfonamides is 1. The van der Waals surface area contributed by atoms with Crippen molar-refractivity contribution in [1.29, 1.82) is 0 Å². The molecule has 0 aliphatic carbocycles. The molecule has 2 aliphatic heterocycles. The molecule has 2 aromatic rings. The van der Waals surface area contributed by atoms with Gasteiger partial charge in [0, 0.05) is 25.6 Å². The Bertz CT molecular complexity index is 1000. The average molecular weight is 501 g/mol. The van der Waals surface area contributed by atoms with E-state index in [1.54, 1.807) is 12.1 Å². The SMILES string of the molecule is O=C(NCCc1ccc2c(c1)OCO2)C1CCN(S(=O)(=O)c2ccc(Br)s2)CC1. The van der Waals surface area contributed by atoms with Gasteiger partial charge in [0.05, 0.1) is 3.79 Å². The number of thiophene rings is 1. The molecule has 10 heteroatoms. The topological polar surface area (TPSA) is 84.9 Å². The number of rotatable bonds is 6. The molecule has 0 radical (unpaired) electrons. The molecule has 0 unspecified atom stereocenters. The predicted octanol–water partition coefficient (Wildman–Crippen LogP) is 3.00. The number of amides is 1. The molecule has 1 N–H and O–H groups in total. The minimum atomic E-state index is -3.48. The van der Waals surface area contributed by atoms with E-state index in [1.165, 1.54) is 15.6 Å². The fourth-order valence-corrected chi connectivity index (χ4v) is 7.13. The highest BCUT2D eigenvalue weighted by Crippen LogP contribution is 2.33. The van der Waals surface area contributed by atoms with Crippen LogP contribution in [0.1, 0.15) is 18.4 Å². The van der Waals surface area contributed by atoms with E-state index in [-0.39, 0.29) is 18.6 Å². The molecule has 0 bridgehead atoms. The highest BCUT2D eigenvalue weighted by atomic mass is 79.9. The van der Waals surface area contributed by atoms with E-state index < -0.39 is 10.0 Å². The van der Waals surface area contributed by atoms with Crippen LogP contribution in [0.25, 0.3) is 0 Å². The summed E-state index contributed by atoms with van der Waals surface area (Å²) in [6, 6.07) is 9.12. The summed E-state index contributed by atoms with van der Waals surface area (Å²) >= 11 is 4.50. The van der Waals surface area contributed by atoms with Crippen molar-refractivity contribution in [3.63, 3.8) is 0 Å². The van der Waals surface area contributed by atoms with Crippen LogP contribution in [-0.2, 0) is 21.2 Å². The van der Waals surface area contributed by atoms with E-state index in [1.807, 2.05) is 18.2 Å². The smallest absolute Gasteiger partial charge is 0.252 e. The molecule has 1 fully saturated rings. The van der Waals surface area contributed by atoms with E-state index in [2.05, 4.69) is 21.2 Å². The first kappa shape index (κ1) is 20.6. The quantitative estimate of drug-likeness (QED) is 0.658. The molecule has 1 aromatic carbocycles. The van der Waals surface area contributed by atoms with E-state index in [4.69, 9.17) is 9.47 Å². The summed E-state index contributed by atoms with van der Waals surface area (Å²) in [7, 11) is -3.48. The second-order valence-corrected chi connectivity index (χ2v) is 11.6. The van der Waals surface area contributed by atoms with Crippen LogP contribution in [0.15, 0.2) is 38.3 Å². The van der Waals surface area contributed by atoms with Gasteiger partial charge in [-0.2, -0.15) is 4.31 Å². The lowest BCUT2D eigenvalue weighted by atomic mass is 9.97. The number of hydrogen-bond donors (Lipinski definition) is 1. The average Bonchev–Trinajstić information content (AvgIpc) is 3.36. The number of ether oxygens (including phenoxy) is 2. The zero-order chi connectivity index (χ0) is 20.4. The molecule has 1 aromatic heterocycles. The molecule has 0 saturated carbocycles. The number of fused-ring (bicyclic) bond motifs is 1. The number of hydrogen-bond acceptors (Lipinski definition) is 6. The summed E-state index contributed by atoms with van der Waals surface area (Å²) in [4.78, 5) is 12.5. The van der Waals surface area contributed by atoms with Gasteiger partial charge in [0.15, 0.2) is 11.5 Å². The maximum absolute atomic E-state index is 12.7. The van der Waals surface area contributed by atoms with Gasteiger partial charge in [-0.15, -0.1) is 11.3 Å². The van der Waals surface area contributed by atoms with Gasteiger partial charge in [0.2, 0.25) is 12.7 Å². The minimum absolute atomic E-state index is 0.0124. The van der Waals surface area contributed by atoms with Crippen molar-refractivity contribution in [2.24, 2.45) is 5.92 Å². The lowest BCUT2D eigenvalue weighted by Crippen LogP contribution is -2.43. The van der Waals surface area contributed by atoms with Crippen LogP contribution in [0, 0.1) is 5.92 Å². The molecular formula is C19H21BrN2O5S2. The number of carbonyl (C=O) groups excluding carboxylic acids is 1. The zero-order valence-electron chi connectivity index (χ0n) is 15.6. The number of carbonyl (C=O) groups is 1. The Labute approximate surface area is 182 Å². The first-order chi connectivity index (χ1) is 13.9. The van der Waals surface area contributed by atoms with Crippen LogP contribution in [-0.4, -0.2) is 45.1 Å². The van der Waals surface area contributed by atoms with Crippen molar-refractivity contribution in [1.82, 2.24) is 9.62 Å². The van der Waals surface area contributed by atoms with E-state index >= 15 is 0 Å². The lowest BCUT2D eigenvalue weighted by Gasteiger charge is -2.30. The van der Waals surface area contributed by atoms with Crippen LogP contribution in [0.4, 0.5) is 0 Å². The van der Waals surface area contributed by atoms with Gasteiger partial charge in [0.25, 0.3) is 10.0 Å². The number of benzene rings is 1. The lowest BCUT2D eigenvalue weighted by molar-refractivity contribution is -0.126. The molecule has 3 heterocycles. The Hall–Kier alpha value is -1.62. The van der Waals surface area contributed by atoms with Gasteiger partial charge in [-0.3, -0.25) is 4.79 Å². The standard InChI is InChI=1S/C19H21BrN2O5S2/c20-17-3-4-18(28-17)29(24,25)22-9-6-14(7-10-22)19(23)21-8-5-13-1-2-15-16(11-13)27-12-26-15/h1-4,11,14H,5-10,12H2,(H,21,23). The Morgan fingerprint density at radius 1 is 1.17 bits per heavy atom. The van der Waals surface area contributed by atoms with Gasteiger partial charge >= 0.3 is 0 Å². The second-order valence-electron chi connectivity index (χ2n) is 6.97. The van der Waals surface area contributed by atoms with Crippen LogP contribution in [0.3, 0.4) is 0 Å². The van der Waals surface area contributed by atoms with Crippen LogP contribution in [0.5, 0.6) is 11.5 Å². The largest absolute Gasteiger partial charge is 0.454 e. The first-order valence-electron chi connectivity index (χ1n) is 9.35. The molecular weight excluding hydrogens is 480 g/mol. The zero-order valence-corrected chi connectivity index (χ0v) is 18.8. The monoisotopic (exact) mass is 500 g/mol. The number of halogens is 1. The van der Waals surface area contributed by atoms with Crippen molar-refractivity contribution in [3.05, 3.63) is 39.7 Å². The maximum atomic E-state index is 12.7. The van der Waals surface area contributed by atoms with Crippen LogP contribution >= 0.6 is 27.3 Å². The highest BCUT2D eigenvalue weighted by Gasteiger charge is 2.32. The molecule has 1 saturated heterocycles. The van der Waals surface area contributed by atoms with Crippen LogP contribution < -0.4 is 14.8 Å². The third kappa shape index (κ3) is 4.60. The van der Waals surface area contributed by atoms with Crippen LogP contribution in [0.2, 0.25) is 0 Å². The molecule has 0 atom stereocenters. The van der Waals surface area contributed by atoms with E-state index in [9.17, 15) is 13.2 Å². The molecule has 4 rings (SSSR count). The molecule has 1 amide bonds. The van der Waals surface area contributed by atoms with E-state index in [0.717, 1.165) is 20.8 Å². The minimum Gasteiger partial charge on any atom is -0.454 e. The normalized spacial score (nSPS) is 17.4. The fourth-order valence-electron chi connectivity index (χ4n) is 3.49. The van der Waals surface area contributed by atoms with Gasteiger partial charge in [0.1, 0.15) is 4.21 Å².